The fourth-order valence-electron chi connectivity index (χ4n) is 3.54. The fraction of sp³-hybridized carbons (Fsp3) is 0.0769. The summed E-state index contributed by atoms with van der Waals surface area (Å²) in [7, 11) is 1.79. The summed E-state index contributed by atoms with van der Waals surface area (Å²) < 4.78 is 3.26. The van der Waals surface area contributed by atoms with E-state index >= 15 is 0 Å². The van der Waals surface area contributed by atoms with Gasteiger partial charge < -0.3 is 5.32 Å². The van der Waals surface area contributed by atoms with Gasteiger partial charge in [0.1, 0.15) is 5.69 Å². The molecule has 1 N–H and O–H groups in total. The third-order valence-electron chi connectivity index (χ3n) is 5.33. The minimum absolute atomic E-state index is 0.238. The van der Waals surface area contributed by atoms with Crippen molar-refractivity contribution in [2.45, 2.75) is 6.92 Å². The van der Waals surface area contributed by atoms with Crippen LogP contribution >= 0.6 is 11.6 Å². The third-order valence-corrected chi connectivity index (χ3v) is 5.67. The van der Waals surface area contributed by atoms with Gasteiger partial charge in [-0.15, -0.1) is 0 Å². The van der Waals surface area contributed by atoms with Crippen LogP contribution in [0.2, 0.25) is 5.02 Å². The lowest BCUT2D eigenvalue weighted by atomic mass is 10.0. The molecule has 32 heavy (non-hydrogen) atoms. The number of nitrogens with one attached hydrogen (secondary N) is 1. The number of aromatic nitrogens is 2. The molecule has 1 heterocycles. The van der Waals surface area contributed by atoms with Crippen molar-refractivity contribution >= 4 is 34.8 Å². The largest absolute Gasteiger partial charge is 0.316 e. The molecule has 0 fully saturated rings. The van der Waals surface area contributed by atoms with Crippen molar-refractivity contribution in [1.82, 2.24) is 9.36 Å². The zero-order valence-corrected chi connectivity index (χ0v) is 18.5. The van der Waals surface area contributed by atoms with Gasteiger partial charge in [0.15, 0.2) is 0 Å². The number of carbonyl (C=O) groups excluding carboxylic acids is 1. The number of nitrogens with zero attached hydrogens (tertiary/aromatic N) is 2. The number of rotatable bonds is 5. The van der Waals surface area contributed by atoms with Gasteiger partial charge >= 0.3 is 0 Å². The summed E-state index contributed by atoms with van der Waals surface area (Å²) in [6.07, 6.45) is 1.74. The van der Waals surface area contributed by atoms with Crippen LogP contribution in [-0.4, -0.2) is 15.3 Å². The number of anilines is 1. The third kappa shape index (κ3) is 4.15. The first-order valence-electron chi connectivity index (χ1n) is 10.1. The number of hydrogen-bond acceptors (Lipinski definition) is 2. The highest BCUT2D eigenvalue weighted by atomic mass is 35.5. The van der Waals surface area contributed by atoms with Crippen LogP contribution in [0, 0.1) is 6.92 Å². The number of halogens is 1. The SMILES string of the molecule is Cc1c(NC(=O)C(=Cc2ccccc2Cl)c2ccccc2)c(=O)n(-c2ccccc2)n1C. The van der Waals surface area contributed by atoms with Crippen molar-refractivity contribution in [3.8, 4) is 5.69 Å². The summed E-state index contributed by atoms with van der Waals surface area (Å²) >= 11 is 6.33. The van der Waals surface area contributed by atoms with Crippen molar-refractivity contribution in [3.05, 3.63) is 117 Å². The number of benzene rings is 3. The molecule has 0 saturated carbocycles. The van der Waals surface area contributed by atoms with E-state index in [0.717, 1.165) is 16.8 Å². The first kappa shape index (κ1) is 21.4. The predicted octanol–water partition coefficient (Wildman–Crippen LogP) is 5.32. The number of amides is 1. The Hall–Kier alpha value is -3.83. The Labute approximate surface area is 191 Å². The average molecular weight is 444 g/mol. The molecule has 0 spiro atoms. The Balaban J connectivity index is 1.77. The molecule has 4 rings (SSSR count). The van der Waals surface area contributed by atoms with Gasteiger partial charge in [-0.05, 0) is 42.3 Å². The molecule has 0 radical (unpaired) electrons. The van der Waals surface area contributed by atoms with Crippen molar-refractivity contribution < 1.29 is 4.79 Å². The van der Waals surface area contributed by atoms with E-state index in [2.05, 4.69) is 5.32 Å². The predicted molar refractivity (Wildman–Crippen MR) is 130 cm³/mol. The van der Waals surface area contributed by atoms with E-state index in [1.165, 1.54) is 4.68 Å². The second kappa shape index (κ2) is 9.12. The molecule has 0 atom stereocenters. The van der Waals surface area contributed by atoms with Gasteiger partial charge in [-0.25, -0.2) is 4.68 Å². The number of hydrogen-bond donors (Lipinski definition) is 1. The topological polar surface area (TPSA) is 56.0 Å². The van der Waals surface area contributed by atoms with Crippen LogP contribution in [0.25, 0.3) is 17.3 Å². The lowest BCUT2D eigenvalue weighted by Crippen LogP contribution is -2.23. The first-order chi connectivity index (χ1) is 15.5. The Morgan fingerprint density at radius 2 is 1.50 bits per heavy atom. The molecule has 5 nitrogen and oxygen atoms in total. The smallest absolute Gasteiger partial charge is 0.295 e. The van der Waals surface area contributed by atoms with Gasteiger partial charge in [0.05, 0.1) is 11.4 Å². The number of carbonyl (C=O) groups is 1. The molecule has 0 aliphatic carbocycles. The minimum atomic E-state index is -0.387. The molecule has 4 aromatic rings. The van der Waals surface area contributed by atoms with Gasteiger partial charge in [0.25, 0.3) is 11.5 Å². The van der Waals surface area contributed by atoms with E-state index in [4.69, 9.17) is 11.6 Å². The molecule has 0 aliphatic heterocycles. The second-order valence-corrected chi connectivity index (χ2v) is 7.74. The quantitative estimate of drug-likeness (QED) is 0.335. The van der Waals surface area contributed by atoms with E-state index in [1.54, 1.807) is 30.8 Å². The highest BCUT2D eigenvalue weighted by molar-refractivity contribution is 6.34. The van der Waals surface area contributed by atoms with Crippen LogP contribution in [0.5, 0.6) is 0 Å². The Kier molecular flexibility index (Phi) is 6.10. The summed E-state index contributed by atoms with van der Waals surface area (Å²) in [6, 6.07) is 25.9. The van der Waals surface area contributed by atoms with Crippen molar-refractivity contribution in [1.29, 1.82) is 0 Å². The molecule has 0 aliphatic rings. The molecule has 1 aromatic heterocycles. The summed E-state index contributed by atoms with van der Waals surface area (Å²) in [5.74, 6) is -0.387. The van der Waals surface area contributed by atoms with Crippen LogP contribution in [0.15, 0.2) is 89.7 Å². The van der Waals surface area contributed by atoms with Crippen molar-refractivity contribution in [2.24, 2.45) is 7.05 Å². The van der Waals surface area contributed by atoms with E-state index in [0.29, 0.717) is 16.3 Å². The standard InChI is InChI=1S/C26H22ClN3O2/c1-18-24(26(32)30(29(18)2)21-14-7-4-8-15-21)28-25(31)22(19-11-5-3-6-12-19)17-20-13-9-10-16-23(20)27/h3-17H,1-2H3,(H,28,31). The highest BCUT2D eigenvalue weighted by Crippen LogP contribution is 2.25. The molecule has 160 valence electrons. The summed E-state index contributed by atoms with van der Waals surface area (Å²) in [5, 5.41) is 3.38. The Bertz CT molecular complexity index is 1350. The molecule has 3 aromatic carbocycles. The zero-order valence-electron chi connectivity index (χ0n) is 17.7. The van der Waals surface area contributed by atoms with Crippen LogP contribution in [0.1, 0.15) is 16.8 Å². The minimum Gasteiger partial charge on any atom is -0.316 e. The van der Waals surface area contributed by atoms with Crippen molar-refractivity contribution in [3.63, 3.8) is 0 Å². The van der Waals surface area contributed by atoms with Crippen LogP contribution in [0.4, 0.5) is 5.69 Å². The van der Waals surface area contributed by atoms with E-state index in [9.17, 15) is 9.59 Å². The molecular formula is C26H22ClN3O2. The first-order valence-corrected chi connectivity index (χ1v) is 10.5. The summed E-state index contributed by atoms with van der Waals surface area (Å²) in [5.41, 5.74) is 3.16. The zero-order chi connectivity index (χ0) is 22.7. The average Bonchev–Trinajstić information content (AvgIpc) is 3.02. The molecule has 0 unspecified atom stereocenters. The van der Waals surface area contributed by atoms with E-state index in [1.807, 2.05) is 78.9 Å². The molecule has 6 heteroatoms. The maximum atomic E-state index is 13.4. The van der Waals surface area contributed by atoms with Gasteiger partial charge in [-0.2, -0.15) is 0 Å². The van der Waals surface area contributed by atoms with E-state index < -0.39 is 0 Å². The highest BCUT2D eigenvalue weighted by Gasteiger charge is 2.21. The van der Waals surface area contributed by atoms with Gasteiger partial charge in [-0.1, -0.05) is 78.3 Å². The maximum Gasteiger partial charge on any atom is 0.295 e. The fourth-order valence-corrected chi connectivity index (χ4v) is 3.73. The second-order valence-electron chi connectivity index (χ2n) is 7.34. The molecular weight excluding hydrogens is 422 g/mol. The summed E-state index contributed by atoms with van der Waals surface area (Å²) in [6.45, 7) is 1.80. The monoisotopic (exact) mass is 443 g/mol. The van der Waals surface area contributed by atoms with Crippen LogP contribution in [0.3, 0.4) is 0 Å². The van der Waals surface area contributed by atoms with E-state index in [-0.39, 0.29) is 17.2 Å². The van der Waals surface area contributed by atoms with Gasteiger partial charge in [0, 0.05) is 17.6 Å². The lowest BCUT2D eigenvalue weighted by Gasteiger charge is -2.10. The maximum absolute atomic E-state index is 13.4. The van der Waals surface area contributed by atoms with Crippen molar-refractivity contribution in [2.75, 3.05) is 5.32 Å². The molecule has 1 amide bonds. The lowest BCUT2D eigenvalue weighted by molar-refractivity contribution is -0.111. The van der Waals surface area contributed by atoms with Crippen LogP contribution in [-0.2, 0) is 11.8 Å². The normalized spacial score (nSPS) is 11.4. The summed E-state index contributed by atoms with van der Waals surface area (Å²) in [4.78, 5) is 26.6. The van der Waals surface area contributed by atoms with Gasteiger partial charge in [0.2, 0.25) is 0 Å². The molecule has 0 bridgehead atoms. The Morgan fingerprint density at radius 1 is 0.906 bits per heavy atom. The van der Waals surface area contributed by atoms with Gasteiger partial charge in [-0.3, -0.25) is 14.3 Å². The number of para-hydroxylation sites is 1. The Morgan fingerprint density at radius 3 is 2.16 bits per heavy atom. The van der Waals surface area contributed by atoms with Crippen LogP contribution < -0.4 is 10.9 Å². The molecule has 0 saturated heterocycles.